The number of hydrogen-bond donors (Lipinski definition) is 0. The van der Waals surface area contributed by atoms with Gasteiger partial charge in [-0.25, -0.2) is 0 Å². The molecule has 1 atom stereocenters. The highest BCUT2D eigenvalue weighted by molar-refractivity contribution is 5.51. The van der Waals surface area contributed by atoms with Gasteiger partial charge in [0.25, 0.3) is 0 Å². The molecule has 1 saturated heterocycles. The minimum Gasteiger partial charge on any atom is -0.497 e. The van der Waals surface area contributed by atoms with Gasteiger partial charge in [0.15, 0.2) is 0 Å². The Kier molecular flexibility index (Phi) is 3.86. The van der Waals surface area contributed by atoms with Gasteiger partial charge < -0.3 is 9.64 Å². The molecule has 0 bridgehead atoms. The summed E-state index contributed by atoms with van der Waals surface area (Å²) in [6, 6.07) is 15.1. The summed E-state index contributed by atoms with van der Waals surface area (Å²) < 4.78 is 5.23. The lowest BCUT2D eigenvalue weighted by atomic mass is 10.1. The van der Waals surface area contributed by atoms with E-state index in [0.717, 1.165) is 18.7 Å². The summed E-state index contributed by atoms with van der Waals surface area (Å²) in [5.41, 5.74) is 2.46. The zero-order valence-corrected chi connectivity index (χ0v) is 11.8. The van der Waals surface area contributed by atoms with E-state index < -0.39 is 0 Å². The van der Waals surface area contributed by atoms with Gasteiger partial charge in [-0.1, -0.05) is 6.07 Å². The van der Waals surface area contributed by atoms with Crippen molar-refractivity contribution in [2.24, 2.45) is 0 Å². The van der Waals surface area contributed by atoms with Crippen LogP contribution in [0.5, 0.6) is 5.75 Å². The Morgan fingerprint density at radius 2 is 2.05 bits per heavy atom. The van der Waals surface area contributed by atoms with Gasteiger partial charge in [0, 0.05) is 36.6 Å². The van der Waals surface area contributed by atoms with Crippen LogP contribution in [-0.2, 0) is 6.42 Å². The molecule has 2 heterocycles. The molecule has 0 aliphatic carbocycles. The summed E-state index contributed by atoms with van der Waals surface area (Å²) in [6.45, 7) is 1.13. The molecule has 0 N–H and O–H groups in total. The summed E-state index contributed by atoms with van der Waals surface area (Å²) in [5.74, 6) is 0.911. The number of methoxy groups -OCH3 is 1. The largest absolute Gasteiger partial charge is 0.497 e. The summed E-state index contributed by atoms with van der Waals surface area (Å²) in [7, 11) is 1.70. The maximum Gasteiger partial charge on any atom is 0.119 e. The first kappa shape index (κ1) is 13.0. The van der Waals surface area contributed by atoms with Crippen molar-refractivity contribution in [1.29, 1.82) is 0 Å². The lowest BCUT2D eigenvalue weighted by molar-refractivity contribution is 0.415. The number of hydrogen-bond acceptors (Lipinski definition) is 3. The molecule has 1 aromatic carbocycles. The van der Waals surface area contributed by atoms with Crippen molar-refractivity contribution in [2.75, 3.05) is 18.6 Å². The van der Waals surface area contributed by atoms with Gasteiger partial charge in [-0.15, -0.1) is 0 Å². The van der Waals surface area contributed by atoms with Gasteiger partial charge in [0.1, 0.15) is 5.75 Å². The minimum atomic E-state index is 0.554. The normalized spacial score (nSPS) is 18.2. The third-order valence-corrected chi connectivity index (χ3v) is 3.95. The fourth-order valence-corrected chi connectivity index (χ4v) is 2.92. The Morgan fingerprint density at radius 1 is 1.20 bits per heavy atom. The maximum absolute atomic E-state index is 5.23. The first-order chi connectivity index (χ1) is 9.86. The van der Waals surface area contributed by atoms with Crippen molar-refractivity contribution in [3.05, 3.63) is 54.4 Å². The molecular formula is C17H20N2O. The Labute approximate surface area is 120 Å². The zero-order valence-electron chi connectivity index (χ0n) is 11.8. The van der Waals surface area contributed by atoms with Gasteiger partial charge in [-0.05, 0) is 49.2 Å². The lowest BCUT2D eigenvalue weighted by Gasteiger charge is -2.26. The van der Waals surface area contributed by atoms with Gasteiger partial charge in [-0.3, -0.25) is 4.98 Å². The first-order valence-corrected chi connectivity index (χ1v) is 7.17. The average molecular weight is 268 g/mol. The Hall–Kier alpha value is -2.03. The van der Waals surface area contributed by atoms with Crippen molar-refractivity contribution < 1.29 is 4.74 Å². The molecule has 0 spiro atoms. The smallest absolute Gasteiger partial charge is 0.119 e. The number of benzene rings is 1. The number of rotatable bonds is 4. The molecule has 3 nitrogen and oxygen atoms in total. The van der Waals surface area contributed by atoms with Crippen LogP contribution in [0.25, 0.3) is 0 Å². The molecule has 104 valence electrons. The van der Waals surface area contributed by atoms with Crippen LogP contribution in [-0.4, -0.2) is 24.7 Å². The van der Waals surface area contributed by atoms with Gasteiger partial charge >= 0.3 is 0 Å². The Balaban J connectivity index is 1.74. The molecule has 3 heteroatoms. The van der Waals surface area contributed by atoms with Crippen LogP contribution in [0.15, 0.2) is 48.7 Å². The van der Waals surface area contributed by atoms with E-state index >= 15 is 0 Å². The fourth-order valence-electron chi connectivity index (χ4n) is 2.92. The molecule has 0 amide bonds. The molecule has 1 unspecified atom stereocenters. The van der Waals surface area contributed by atoms with Crippen LogP contribution in [0.1, 0.15) is 18.5 Å². The molecule has 0 radical (unpaired) electrons. The standard InChI is InChI=1S/C17H20N2O/c1-20-17-9-7-15(8-10-17)19-12-4-6-16(19)13-14-5-2-3-11-18-14/h2-3,5,7-11,16H,4,6,12-13H2,1H3. The summed E-state index contributed by atoms with van der Waals surface area (Å²) in [5, 5.41) is 0. The maximum atomic E-state index is 5.23. The monoisotopic (exact) mass is 268 g/mol. The van der Waals surface area contributed by atoms with E-state index in [4.69, 9.17) is 4.74 Å². The van der Waals surface area contributed by atoms with Crippen LogP contribution in [0, 0.1) is 0 Å². The van der Waals surface area contributed by atoms with E-state index in [2.05, 4.69) is 34.1 Å². The second kappa shape index (κ2) is 5.95. The molecule has 1 aliphatic rings. The SMILES string of the molecule is COc1ccc(N2CCCC2Cc2ccccn2)cc1. The molecule has 2 aromatic rings. The molecule has 1 aromatic heterocycles. The Morgan fingerprint density at radius 3 is 2.75 bits per heavy atom. The van der Waals surface area contributed by atoms with Gasteiger partial charge in [0.05, 0.1) is 7.11 Å². The third-order valence-electron chi connectivity index (χ3n) is 3.95. The summed E-state index contributed by atoms with van der Waals surface area (Å²) >= 11 is 0. The van der Waals surface area contributed by atoms with E-state index in [1.807, 2.05) is 24.4 Å². The van der Waals surface area contributed by atoms with Gasteiger partial charge in [-0.2, -0.15) is 0 Å². The van der Waals surface area contributed by atoms with E-state index in [1.165, 1.54) is 24.2 Å². The van der Waals surface area contributed by atoms with Crippen molar-refractivity contribution in [2.45, 2.75) is 25.3 Å². The van der Waals surface area contributed by atoms with E-state index in [1.54, 1.807) is 7.11 Å². The molecule has 0 saturated carbocycles. The quantitative estimate of drug-likeness (QED) is 0.850. The van der Waals surface area contributed by atoms with Crippen LogP contribution >= 0.6 is 0 Å². The predicted octanol–water partition coefficient (Wildman–Crippen LogP) is 3.30. The highest BCUT2D eigenvalue weighted by Gasteiger charge is 2.25. The van der Waals surface area contributed by atoms with Crippen molar-refractivity contribution in [3.8, 4) is 5.75 Å². The highest BCUT2D eigenvalue weighted by Crippen LogP contribution is 2.28. The molecule has 3 rings (SSSR count). The molecular weight excluding hydrogens is 248 g/mol. The number of nitrogens with zero attached hydrogens (tertiary/aromatic N) is 2. The number of pyridine rings is 1. The minimum absolute atomic E-state index is 0.554. The second-order valence-corrected chi connectivity index (χ2v) is 5.21. The third kappa shape index (κ3) is 2.77. The zero-order chi connectivity index (χ0) is 13.8. The summed E-state index contributed by atoms with van der Waals surface area (Å²) in [4.78, 5) is 6.95. The van der Waals surface area contributed by atoms with Crippen LogP contribution in [0.4, 0.5) is 5.69 Å². The van der Waals surface area contributed by atoms with Gasteiger partial charge in [0.2, 0.25) is 0 Å². The summed E-state index contributed by atoms with van der Waals surface area (Å²) in [6.07, 6.45) is 5.39. The van der Waals surface area contributed by atoms with Crippen molar-refractivity contribution in [3.63, 3.8) is 0 Å². The van der Waals surface area contributed by atoms with E-state index in [-0.39, 0.29) is 0 Å². The fraction of sp³-hybridized carbons (Fsp3) is 0.353. The molecule has 20 heavy (non-hydrogen) atoms. The number of ether oxygens (including phenoxy) is 1. The van der Waals surface area contributed by atoms with Crippen LogP contribution < -0.4 is 9.64 Å². The second-order valence-electron chi connectivity index (χ2n) is 5.21. The lowest BCUT2D eigenvalue weighted by Crippen LogP contribution is -2.31. The molecule has 1 fully saturated rings. The first-order valence-electron chi connectivity index (χ1n) is 7.17. The number of anilines is 1. The topological polar surface area (TPSA) is 25.4 Å². The van der Waals surface area contributed by atoms with Crippen LogP contribution in [0.3, 0.4) is 0 Å². The van der Waals surface area contributed by atoms with E-state index in [0.29, 0.717) is 6.04 Å². The highest BCUT2D eigenvalue weighted by atomic mass is 16.5. The van der Waals surface area contributed by atoms with Crippen LogP contribution in [0.2, 0.25) is 0 Å². The average Bonchev–Trinajstić information content (AvgIpc) is 2.96. The predicted molar refractivity (Wildman–Crippen MR) is 81.3 cm³/mol. The molecule has 1 aliphatic heterocycles. The van der Waals surface area contributed by atoms with Crippen molar-refractivity contribution in [1.82, 2.24) is 4.98 Å². The van der Waals surface area contributed by atoms with E-state index in [9.17, 15) is 0 Å². The van der Waals surface area contributed by atoms with Crippen molar-refractivity contribution >= 4 is 5.69 Å². The Bertz CT molecular complexity index is 539. The number of aromatic nitrogens is 1.